The van der Waals surface area contributed by atoms with Crippen LogP contribution in [-0.2, 0) is 0 Å². The molecule has 1 aromatic carbocycles. The van der Waals surface area contributed by atoms with Gasteiger partial charge in [-0.1, -0.05) is 12.9 Å². The van der Waals surface area contributed by atoms with Crippen molar-refractivity contribution in [2.24, 2.45) is 0 Å². The molecule has 1 N–H and O–H groups in total. The first-order valence-electron chi connectivity index (χ1n) is 4.35. The van der Waals surface area contributed by atoms with Crippen LogP contribution in [0.15, 0.2) is 18.2 Å². The number of fused-ring (bicyclic) bond motifs is 1. The second-order valence-electron chi connectivity index (χ2n) is 3.08. The average molecular weight is 178 g/mol. The van der Waals surface area contributed by atoms with Crippen molar-refractivity contribution in [1.82, 2.24) is 0 Å². The highest BCUT2D eigenvalue weighted by molar-refractivity contribution is 6.64. The summed E-state index contributed by atoms with van der Waals surface area (Å²) in [6.45, 7) is 2.44. The quantitative estimate of drug-likeness (QED) is 0.627. The lowest BCUT2D eigenvalue weighted by molar-refractivity contribution is 0.172. The molecule has 1 aliphatic heterocycles. The van der Waals surface area contributed by atoms with Crippen LogP contribution in [0.25, 0.3) is 0 Å². The Morgan fingerprint density at radius 2 is 1.92 bits per heavy atom. The molecule has 0 aromatic heterocycles. The highest BCUT2D eigenvalue weighted by Gasteiger charge is 2.14. The van der Waals surface area contributed by atoms with Crippen molar-refractivity contribution in [2.75, 3.05) is 13.2 Å². The van der Waals surface area contributed by atoms with Gasteiger partial charge in [0.1, 0.15) is 13.2 Å². The summed E-state index contributed by atoms with van der Waals surface area (Å²) in [4.78, 5) is 0. The van der Waals surface area contributed by atoms with E-state index in [0.29, 0.717) is 13.2 Å². The zero-order valence-corrected chi connectivity index (χ0v) is 7.49. The van der Waals surface area contributed by atoms with Gasteiger partial charge < -0.3 is 14.5 Å². The molecule has 0 unspecified atom stereocenters. The van der Waals surface area contributed by atoms with Gasteiger partial charge in [-0.25, -0.2) is 0 Å². The Labute approximate surface area is 77.4 Å². The van der Waals surface area contributed by atoms with Crippen LogP contribution in [0.1, 0.15) is 0 Å². The number of rotatable bonds is 1. The molecule has 13 heavy (non-hydrogen) atoms. The van der Waals surface area contributed by atoms with E-state index in [0.717, 1.165) is 17.0 Å². The Balaban J connectivity index is 2.35. The van der Waals surface area contributed by atoms with Crippen LogP contribution in [0.4, 0.5) is 0 Å². The molecule has 2 rings (SSSR count). The molecule has 1 aromatic rings. The molecule has 1 heterocycles. The van der Waals surface area contributed by atoms with Crippen LogP contribution in [0.2, 0.25) is 6.82 Å². The molecule has 0 fully saturated rings. The largest absolute Gasteiger partial charge is 0.486 e. The topological polar surface area (TPSA) is 38.7 Å². The summed E-state index contributed by atoms with van der Waals surface area (Å²) in [7, 11) is 0. The minimum absolute atomic E-state index is 0.462. The van der Waals surface area contributed by atoms with E-state index in [1.165, 1.54) is 0 Å². The summed E-state index contributed by atoms with van der Waals surface area (Å²) in [5, 5.41) is 9.33. The smallest absolute Gasteiger partial charge is 0.320 e. The van der Waals surface area contributed by atoms with Crippen LogP contribution in [-0.4, -0.2) is 25.2 Å². The van der Waals surface area contributed by atoms with E-state index in [2.05, 4.69) is 0 Å². The number of hydrogen-bond acceptors (Lipinski definition) is 3. The minimum atomic E-state index is -0.462. The lowest BCUT2D eigenvalue weighted by atomic mass is 9.64. The van der Waals surface area contributed by atoms with Crippen LogP contribution < -0.4 is 14.9 Å². The predicted molar refractivity (Wildman–Crippen MR) is 50.9 cm³/mol. The van der Waals surface area contributed by atoms with Gasteiger partial charge in [0.2, 0.25) is 0 Å². The van der Waals surface area contributed by atoms with Crippen LogP contribution in [0.5, 0.6) is 11.5 Å². The van der Waals surface area contributed by atoms with E-state index in [1.54, 1.807) is 6.82 Å². The minimum Gasteiger partial charge on any atom is -0.486 e. The third-order valence-electron chi connectivity index (χ3n) is 2.05. The molecule has 0 atom stereocenters. The second-order valence-corrected chi connectivity index (χ2v) is 3.08. The van der Waals surface area contributed by atoms with E-state index >= 15 is 0 Å². The van der Waals surface area contributed by atoms with E-state index < -0.39 is 6.92 Å². The maximum absolute atomic E-state index is 9.33. The first-order valence-corrected chi connectivity index (χ1v) is 4.35. The fourth-order valence-corrected chi connectivity index (χ4v) is 1.32. The molecule has 4 heteroatoms. The normalized spacial score (nSPS) is 14.0. The van der Waals surface area contributed by atoms with E-state index in [9.17, 15) is 5.02 Å². The molecule has 0 saturated heterocycles. The maximum atomic E-state index is 9.33. The maximum Gasteiger partial charge on any atom is 0.320 e. The van der Waals surface area contributed by atoms with E-state index in [1.807, 2.05) is 18.2 Å². The second kappa shape index (κ2) is 3.30. The van der Waals surface area contributed by atoms with Gasteiger partial charge in [-0.05, 0) is 17.6 Å². The first-order chi connectivity index (χ1) is 6.27. The summed E-state index contributed by atoms with van der Waals surface area (Å²) in [5.74, 6) is 1.49. The summed E-state index contributed by atoms with van der Waals surface area (Å²) < 4.78 is 10.7. The summed E-state index contributed by atoms with van der Waals surface area (Å²) in [5.41, 5.74) is 0.851. The molecule has 1 aliphatic rings. The van der Waals surface area contributed by atoms with Gasteiger partial charge in [-0.15, -0.1) is 0 Å². The monoisotopic (exact) mass is 178 g/mol. The lowest BCUT2D eigenvalue weighted by Gasteiger charge is -2.18. The van der Waals surface area contributed by atoms with Crippen LogP contribution >= 0.6 is 0 Å². The molecule has 68 valence electrons. The van der Waals surface area contributed by atoms with Crippen LogP contribution in [0.3, 0.4) is 0 Å². The van der Waals surface area contributed by atoms with E-state index in [4.69, 9.17) is 9.47 Å². The van der Waals surface area contributed by atoms with Gasteiger partial charge in [-0.2, -0.15) is 0 Å². The van der Waals surface area contributed by atoms with Gasteiger partial charge in [-0.3, -0.25) is 0 Å². The first kappa shape index (κ1) is 8.44. The van der Waals surface area contributed by atoms with Crippen molar-refractivity contribution in [3.63, 3.8) is 0 Å². The lowest BCUT2D eigenvalue weighted by Crippen LogP contribution is -2.27. The molecular formula is C9H11BO3. The molecule has 0 amide bonds. The molecule has 0 spiro atoms. The van der Waals surface area contributed by atoms with Gasteiger partial charge in [0.05, 0.1) is 0 Å². The van der Waals surface area contributed by atoms with Crippen molar-refractivity contribution in [1.29, 1.82) is 0 Å². The Hall–Kier alpha value is -1.16. The highest BCUT2D eigenvalue weighted by Crippen LogP contribution is 2.27. The predicted octanol–water partition coefficient (Wildman–Crippen LogP) is 0.278. The zero-order chi connectivity index (χ0) is 9.26. The van der Waals surface area contributed by atoms with Gasteiger partial charge in [0, 0.05) is 0 Å². The molecule has 0 radical (unpaired) electrons. The Bertz CT molecular complexity index is 312. The summed E-state index contributed by atoms with van der Waals surface area (Å²) >= 11 is 0. The molecule has 0 aliphatic carbocycles. The van der Waals surface area contributed by atoms with E-state index in [-0.39, 0.29) is 0 Å². The van der Waals surface area contributed by atoms with Crippen molar-refractivity contribution in [3.05, 3.63) is 18.2 Å². The van der Waals surface area contributed by atoms with Gasteiger partial charge in [0.25, 0.3) is 0 Å². The Morgan fingerprint density at radius 3 is 2.62 bits per heavy atom. The molecule has 3 nitrogen and oxygen atoms in total. The van der Waals surface area contributed by atoms with Crippen molar-refractivity contribution < 1.29 is 14.5 Å². The third kappa shape index (κ3) is 1.63. The number of hydrogen-bond donors (Lipinski definition) is 1. The van der Waals surface area contributed by atoms with Gasteiger partial charge >= 0.3 is 6.92 Å². The van der Waals surface area contributed by atoms with Crippen molar-refractivity contribution >= 4 is 12.4 Å². The van der Waals surface area contributed by atoms with Crippen molar-refractivity contribution in [2.45, 2.75) is 6.82 Å². The van der Waals surface area contributed by atoms with Gasteiger partial charge in [0.15, 0.2) is 11.5 Å². The standard InChI is InChI=1S/C9H11BO3/c1-10(11)7-2-3-8-9(6-7)13-5-4-12-8/h2-3,6,11H,4-5H2,1H3. The molecule has 0 bridgehead atoms. The number of ether oxygens (including phenoxy) is 2. The summed E-state index contributed by atoms with van der Waals surface area (Å²) in [6.07, 6.45) is 0. The third-order valence-corrected chi connectivity index (χ3v) is 2.05. The highest BCUT2D eigenvalue weighted by atomic mass is 16.6. The fourth-order valence-electron chi connectivity index (χ4n) is 1.32. The number of benzene rings is 1. The zero-order valence-electron chi connectivity index (χ0n) is 7.49. The SMILES string of the molecule is CB(O)c1ccc2c(c1)OCCO2. The Kier molecular flexibility index (Phi) is 2.14. The van der Waals surface area contributed by atoms with Crippen molar-refractivity contribution in [3.8, 4) is 11.5 Å². The molecular weight excluding hydrogens is 167 g/mol. The summed E-state index contributed by atoms with van der Waals surface area (Å²) in [6, 6.07) is 5.49. The van der Waals surface area contributed by atoms with Crippen LogP contribution in [0, 0.1) is 0 Å². The molecule has 0 saturated carbocycles. The average Bonchev–Trinajstić information content (AvgIpc) is 2.17. The fraction of sp³-hybridized carbons (Fsp3) is 0.333. The Morgan fingerprint density at radius 1 is 1.23 bits per heavy atom.